The summed E-state index contributed by atoms with van der Waals surface area (Å²) < 4.78 is 1.88. The third kappa shape index (κ3) is 4.60. The van der Waals surface area contributed by atoms with Crippen LogP contribution in [-0.4, -0.2) is 52.0 Å². The molecule has 0 aliphatic carbocycles. The van der Waals surface area contributed by atoms with Crippen LogP contribution in [0.4, 0.5) is 0 Å². The highest BCUT2D eigenvalue weighted by Gasteiger charge is 2.32. The predicted molar refractivity (Wildman–Crippen MR) is 114 cm³/mol. The van der Waals surface area contributed by atoms with Crippen LogP contribution >= 0.6 is 0 Å². The van der Waals surface area contributed by atoms with Crippen LogP contribution in [0.3, 0.4) is 0 Å². The molecule has 6 heteroatoms. The third-order valence-electron chi connectivity index (χ3n) is 5.24. The average Bonchev–Trinajstić information content (AvgIpc) is 3.41. The lowest BCUT2D eigenvalue weighted by atomic mass is 10.0. The van der Waals surface area contributed by atoms with Crippen molar-refractivity contribution in [3.8, 4) is 11.1 Å². The smallest absolute Gasteiger partial charge is 0.254 e. The van der Waals surface area contributed by atoms with Crippen molar-refractivity contribution in [2.45, 2.75) is 19.0 Å². The zero-order valence-electron chi connectivity index (χ0n) is 16.3. The van der Waals surface area contributed by atoms with E-state index in [1.807, 2.05) is 64.3 Å². The normalized spacial score (nSPS) is 16.3. The van der Waals surface area contributed by atoms with Gasteiger partial charge in [-0.15, -0.1) is 0 Å². The number of aromatic nitrogens is 2. The number of benzene rings is 2. The summed E-state index contributed by atoms with van der Waals surface area (Å²) in [6, 6.07) is 19.8. The van der Waals surface area contributed by atoms with E-state index in [0.717, 1.165) is 24.2 Å². The van der Waals surface area contributed by atoms with Gasteiger partial charge in [0.25, 0.3) is 5.91 Å². The minimum atomic E-state index is -0.00858. The number of hydrogen-bond acceptors (Lipinski definition) is 4. The summed E-state index contributed by atoms with van der Waals surface area (Å²) in [6.07, 6.45) is 4.33. The molecule has 3 aromatic rings. The van der Waals surface area contributed by atoms with E-state index in [0.29, 0.717) is 30.8 Å². The average molecular weight is 387 g/mol. The van der Waals surface area contributed by atoms with Crippen LogP contribution in [0.5, 0.6) is 0 Å². The monoisotopic (exact) mass is 387 g/mol. The van der Waals surface area contributed by atoms with Gasteiger partial charge in [-0.1, -0.05) is 42.5 Å². The molecular weight excluding hydrogens is 362 g/mol. The zero-order chi connectivity index (χ0) is 20.1. The topological polar surface area (TPSA) is 74.0 Å². The number of rotatable bonds is 7. The summed E-state index contributed by atoms with van der Waals surface area (Å²) >= 11 is 0. The molecule has 148 valence electrons. The number of amides is 1. The summed E-state index contributed by atoms with van der Waals surface area (Å²) in [5, 5.41) is 15.7. The molecule has 1 atom stereocenters. The first-order chi connectivity index (χ1) is 14.2. The Kier molecular flexibility index (Phi) is 5.81. The molecule has 1 aliphatic rings. The lowest BCUT2D eigenvalue weighted by molar-refractivity contribution is 0.0739. The van der Waals surface area contributed by atoms with Crippen LogP contribution in [0.1, 0.15) is 16.8 Å². The molecule has 1 amide bonds. The van der Waals surface area contributed by atoms with Crippen LogP contribution in [0.2, 0.25) is 0 Å². The fourth-order valence-electron chi connectivity index (χ4n) is 3.71. The second-order valence-corrected chi connectivity index (χ2v) is 7.31. The van der Waals surface area contributed by atoms with E-state index in [2.05, 4.69) is 22.5 Å². The van der Waals surface area contributed by atoms with Gasteiger partial charge >= 0.3 is 0 Å². The quantitative estimate of drug-likeness (QED) is 0.612. The van der Waals surface area contributed by atoms with Crippen molar-refractivity contribution < 1.29 is 4.79 Å². The van der Waals surface area contributed by atoms with E-state index in [1.165, 1.54) is 0 Å². The summed E-state index contributed by atoms with van der Waals surface area (Å²) in [4.78, 5) is 14.9. The van der Waals surface area contributed by atoms with Crippen LogP contribution in [0.15, 0.2) is 73.1 Å². The Morgan fingerprint density at radius 2 is 1.83 bits per heavy atom. The molecule has 1 saturated heterocycles. The van der Waals surface area contributed by atoms with Crippen molar-refractivity contribution >= 4 is 11.6 Å². The van der Waals surface area contributed by atoms with Crippen molar-refractivity contribution in [1.29, 1.82) is 5.41 Å². The minimum absolute atomic E-state index is 0.00858. The summed E-state index contributed by atoms with van der Waals surface area (Å²) in [5.74, 6) is -0.00858. The molecule has 1 aliphatic heterocycles. The summed E-state index contributed by atoms with van der Waals surface area (Å²) in [5.41, 5.74) is 3.50. The minimum Gasteiger partial charge on any atom is -0.328 e. The molecule has 0 bridgehead atoms. The molecule has 6 nitrogen and oxygen atoms in total. The van der Waals surface area contributed by atoms with E-state index >= 15 is 0 Å². The SMILES string of the molecule is N=C1CC(CNCCn2cccn2)N(C(=O)c2ccc(-c3ccccc3)cc2)C1. The Balaban J connectivity index is 1.37. The second kappa shape index (κ2) is 8.84. The zero-order valence-corrected chi connectivity index (χ0v) is 16.3. The standard InChI is InChI=1S/C23H25N5O/c24-21-15-22(16-25-12-14-27-13-4-11-26-27)28(17-21)23(29)20-9-7-19(8-10-20)18-5-2-1-3-6-18/h1-11,13,22,24-25H,12,14-17H2. The van der Waals surface area contributed by atoms with Gasteiger partial charge in [0.05, 0.1) is 19.1 Å². The van der Waals surface area contributed by atoms with E-state index in [-0.39, 0.29) is 11.9 Å². The van der Waals surface area contributed by atoms with Gasteiger partial charge in [-0.25, -0.2) is 0 Å². The Morgan fingerprint density at radius 3 is 2.55 bits per heavy atom. The molecule has 29 heavy (non-hydrogen) atoms. The number of nitrogens with one attached hydrogen (secondary N) is 2. The largest absolute Gasteiger partial charge is 0.328 e. The number of carbonyl (C=O) groups excluding carboxylic acids is 1. The molecule has 1 fully saturated rings. The van der Waals surface area contributed by atoms with Crippen LogP contribution < -0.4 is 5.32 Å². The molecule has 4 rings (SSSR count). The van der Waals surface area contributed by atoms with E-state index in [9.17, 15) is 4.79 Å². The Morgan fingerprint density at radius 1 is 1.07 bits per heavy atom. The summed E-state index contributed by atoms with van der Waals surface area (Å²) in [6.45, 7) is 2.65. The lowest BCUT2D eigenvalue weighted by Gasteiger charge is -2.24. The Labute approximate surface area is 170 Å². The molecule has 0 spiro atoms. The Bertz CT molecular complexity index is 951. The maximum absolute atomic E-state index is 13.1. The highest BCUT2D eigenvalue weighted by Crippen LogP contribution is 2.22. The highest BCUT2D eigenvalue weighted by atomic mass is 16.2. The molecular formula is C23H25N5O. The van der Waals surface area contributed by atoms with Gasteiger partial charge in [-0.2, -0.15) is 5.10 Å². The van der Waals surface area contributed by atoms with Crippen LogP contribution in [0, 0.1) is 5.41 Å². The number of likely N-dealkylation sites (tertiary alicyclic amines) is 1. The van der Waals surface area contributed by atoms with E-state index in [4.69, 9.17) is 5.41 Å². The van der Waals surface area contributed by atoms with Crippen molar-refractivity contribution in [1.82, 2.24) is 20.0 Å². The highest BCUT2D eigenvalue weighted by molar-refractivity contribution is 6.00. The van der Waals surface area contributed by atoms with Crippen LogP contribution in [0.25, 0.3) is 11.1 Å². The molecule has 0 saturated carbocycles. The van der Waals surface area contributed by atoms with Gasteiger partial charge in [0.1, 0.15) is 0 Å². The molecule has 2 heterocycles. The lowest BCUT2D eigenvalue weighted by Crippen LogP contribution is -2.42. The molecule has 2 N–H and O–H groups in total. The maximum atomic E-state index is 13.1. The van der Waals surface area contributed by atoms with Gasteiger partial charge in [0, 0.05) is 43.2 Å². The fourth-order valence-corrected chi connectivity index (χ4v) is 3.71. The van der Waals surface area contributed by atoms with Crippen LogP contribution in [-0.2, 0) is 6.54 Å². The van der Waals surface area contributed by atoms with Crippen molar-refractivity contribution in [3.63, 3.8) is 0 Å². The van der Waals surface area contributed by atoms with Gasteiger partial charge in [-0.05, 0) is 29.3 Å². The van der Waals surface area contributed by atoms with Gasteiger partial charge < -0.3 is 15.6 Å². The molecule has 1 unspecified atom stereocenters. The predicted octanol–water partition coefficient (Wildman–Crippen LogP) is 3.07. The first-order valence-electron chi connectivity index (χ1n) is 9.91. The van der Waals surface area contributed by atoms with E-state index < -0.39 is 0 Å². The molecule has 2 aromatic carbocycles. The first kappa shape index (κ1) is 19.1. The van der Waals surface area contributed by atoms with Gasteiger partial charge in [-0.3, -0.25) is 9.48 Å². The molecule has 1 aromatic heterocycles. The number of hydrogen-bond donors (Lipinski definition) is 2. The molecule has 0 radical (unpaired) electrons. The van der Waals surface area contributed by atoms with Crippen molar-refractivity contribution in [2.24, 2.45) is 0 Å². The third-order valence-corrected chi connectivity index (χ3v) is 5.24. The number of nitrogens with zero attached hydrogens (tertiary/aromatic N) is 3. The summed E-state index contributed by atoms with van der Waals surface area (Å²) in [7, 11) is 0. The Hall–Kier alpha value is -3.25. The van der Waals surface area contributed by atoms with Crippen molar-refractivity contribution in [2.75, 3.05) is 19.6 Å². The van der Waals surface area contributed by atoms with Crippen molar-refractivity contribution in [3.05, 3.63) is 78.6 Å². The second-order valence-electron chi connectivity index (χ2n) is 7.31. The van der Waals surface area contributed by atoms with Gasteiger partial charge in [0.2, 0.25) is 0 Å². The first-order valence-corrected chi connectivity index (χ1v) is 9.91. The number of carbonyl (C=O) groups is 1. The van der Waals surface area contributed by atoms with E-state index in [1.54, 1.807) is 6.20 Å². The van der Waals surface area contributed by atoms with Gasteiger partial charge in [0.15, 0.2) is 0 Å². The fraction of sp³-hybridized carbons (Fsp3) is 0.261. The maximum Gasteiger partial charge on any atom is 0.254 e.